The molecule has 0 fully saturated rings. The zero-order valence-corrected chi connectivity index (χ0v) is 13.5. The van der Waals surface area contributed by atoms with E-state index >= 15 is 0 Å². The summed E-state index contributed by atoms with van der Waals surface area (Å²) in [6, 6.07) is 6.67. The molecule has 5 nitrogen and oxygen atoms in total. The number of alkyl carbamates (subject to hydrolysis) is 1. The Labute approximate surface area is 130 Å². The molecule has 0 aliphatic rings. The fourth-order valence-corrected chi connectivity index (χ4v) is 1.77. The monoisotopic (exact) mass is 312 g/mol. The summed E-state index contributed by atoms with van der Waals surface area (Å²) >= 11 is 5.85. The first-order chi connectivity index (χ1) is 9.67. The van der Waals surface area contributed by atoms with Crippen molar-refractivity contribution in [3.8, 4) is 0 Å². The van der Waals surface area contributed by atoms with Crippen LogP contribution in [0.2, 0.25) is 5.02 Å². The number of rotatable bonds is 4. The summed E-state index contributed by atoms with van der Waals surface area (Å²) in [5.41, 5.74) is 0.252. The lowest BCUT2D eigenvalue weighted by molar-refractivity contribution is -0.119. The zero-order chi connectivity index (χ0) is 16.0. The van der Waals surface area contributed by atoms with Crippen LogP contribution in [0.4, 0.5) is 4.79 Å². The van der Waals surface area contributed by atoms with Crippen LogP contribution >= 0.6 is 11.6 Å². The Morgan fingerprint density at radius 2 is 1.81 bits per heavy atom. The second-order valence-electron chi connectivity index (χ2n) is 5.69. The number of ether oxygens (including phenoxy) is 1. The van der Waals surface area contributed by atoms with Gasteiger partial charge in [0.05, 0.1) is 6.04 Å². The van der Waals surface area contributed by atoms with Crippen molar-refractivity contribution in [2.75, 3.05) is 6.54 Å². The largest absolute Gasteiger partial charge is 0.444 e. The van der Waals surface area contributed by atoms with Crippen molar-refractivity contribution in [2.45, 2.75) is 39.3 Å². The minimum Gasteiger partial charge on any atom is -0.444 e. The van der Waals surface area contributed by atoms with E-state index < -0.39 is 11.7 Å². The van der Waals surface area contributed by atoms with E-state index in [-0.39, 0.29) is 18.5 Å². The van der Waals surface area contributed by atoms with Crippen LogP contribution in [-0.4, -0.2) is 24.1 Å². The first-order valence-corrected chi connectivity index (χ1v) is 7.04. The standard InChI is InChI=1S/C15H21ClN2O3/c1-10(19)17-9-13(11-5-7-12(16)8-6-11)18-14(20)21-15(2,3)4/h5-8,13H,9H2,1-4H3,(H,17,19)(H,18,20). The molecule has 0 heterocycles. The summed E-state index contributed by atoms with van der Waals surface area (Å²) in [5, 5.41) is 6.04. The molecule has 0 radical (unpaired) electrons. The highest BCUT2D eigenvalue weighted by Gasteiger charge is 2.20. The van der Waals surface area contributed by atoms with Gasteiger partial charge in [0.25, 0.3) is 0 Å². The number of carbonyl (C=O) groups excluding carboxylic acids is 2. The van der Waals surface area contributed by atoms with Crippen molar-refractivity contribution >= 4 is 23.6 Å². The summed E-state index contributed by atoms with van der Waals surface area (Å²) in [5.74, 6) is -0.167. The quantitative estimate of drug-likeness (QED) is 0.898. The topological polar surface area (TPSA) is 67.4 Å². The SMILES string of the molecule is CC(=O)NCC(NC(=O)OC(C)(C)C)c1ccc(Cl)cc1. The van der Waals surface area contributed by atoms with Gasteiger partial charge < -0.3 is 15.4 Å². The molecule has 0 aliphatic heterocycles. The van der Waals surface area contributed by atoms with Gasteiger partial charge in [-0.2, -0.15) is 0 Å². The van der Waals surface area contributed by atoms with Gasteiger partial charge in [-0.25, -0.2) is 4.79 Å². The molecule has 116 valence electrons. The first kappa shape index (κ1) is 17.3. The molecule has 0 aromatic heterocycles. The summed E-state index contributed by atoms with van der Waals surface area (Å²) < 4.78 is 5.23. The number of carbonyl (C=O) groups is 2. The normalized spacial score (nSPS) is 12.4. The molecular formula is C15H21ClN2O3. The second kappa shape index (κ2) is 7.31. The van der Waals surface area contributed by atoms with Gasteiger partial charge in [0.2, 0.25) is 5.91 Å². The van der Waals surface area contributed by atoms with Crippen molar-refractivity contribution < 1.29 is 14.3 Å². The van der Waals surface area contributed by atoms with Gasteiger partial charge in [0.15, 0.2) is 0 Å². The summed E-state index contributed by atoms with van der Waals surface area (Å²) in [6.07, 6.45) is -0.534. The second-order valence-corrected chi connectivity index (χ2v) is 6.12. The maximum Gasteiger partial charge on any atom is 0.408 e. The maximum absolute atomic E-state index is 11.9. The van der Waals surface area contributed by atoms with Crippen LogP contribution in [0.1, 0.15) is 39.3 Å². The third kappa shape index (κ3) is 6.99. The highest BCUT2D eigenvalue weighted by molar-refractivity contribution is 6.30. The van der Waals surface area contributed by atoms with E-state index in [4.69, 9.17) is 16.3 Å². The Balaban J connectivity index is 2.79. The van der Waals surface area contributed by atoms with E-state index in [9.17, 15) is 9.59 Å². The molecule has 2 amide bonds. The predicted molar refractivity (Wildman–Crippen MR) is 82.2 cm³/mol. The number of hydrogen-bond donors (Lipinski definition) is 2. The molecule has 1 atom stereocenters. The lowest BCUT2D eigenvalue weighted by Crippen LogP contribution is -2.40. The third-order valence-corrected chi connectivity index (χ3v) is 2.77. The van der Waals surface area contributed by atoms with Crippen molar-refractivity contribution in [3.05, 3.63) is 34.9 Å². The van der Waals surface area contributed by atoms with E-state index in [0.29, 0.717) is 5.02 Å². The van der Waals surface area contributed by atoms with Gasteiger partial charge in [-0.15, -0.1) is 0 Å². The zero-order valence-electron chi connectivity index (χ0n) is 12.7. The van der Waals surface area contributed by atoms with Gasteiger partial charge in [-0.3, -0.25) is 4.79 Å². The van der Waals surface area contributed by atoms with E-state index in [0.717, 1.165) is 5.56 Å². The van der Waals surface area contributed by atoms with Crippen molar-refractivity contribution in [1.82, 2.24) is 10.6 Å². The molecule has 21 heavy (non-hydrogen) atoms. The fourth-order valence-electron chi connectivity index (χ4n) is 1.64. The van der Waals surface area contributed by atoms with Crippen LogP contribution in [0.15, 0.2) is 24.3 Å². The smallest absolute Gasteiger partial charge is 0.408 e. The number of nitrogens with one attached hydrogen (secondary N) is 2. The Morgan fingerprint density at radius 3 is 2.29 bits per heavy atom. The van der Waals surface area contributed by atoms with Crippen molar-refractivity contribution in [1.29, 1.82) is 0 Å². The van der Waals surface area contributed by atoms with E-state index in [2.05, 4.69) is 10.6 Å². The van der Waals surface area contributed by atoms with Crippen LogP contribution in [0.3, 0.4) is 0 Å². The highest BCUT2D eigenvalue weighted by atomic mass is 35.5. The lowest BCUT2D eigenvalue weighted by Gasteiger charge is -2.24. The molecule has 1 aromatic rings. The van der Waals surface area contributed by atoms with Crippen LogP contribution < -0.4 is 10.6 Å². The molecule has 0 aliphatic carbocycles. The molecule has 1 rings (SSSR count). The Morgan fingerprint density at radius 1 is 1.24 bits per heavy atom. The summed E-state index contributed by atoms with van der Waals surface area (Å²) in [7, 11) is 0. The Bertz CT molecular complexity index is 495. The molecule has 0 saturated heterocycles. The third-order valence-electron chi connectivity index (χ3n) is 2.52. The average Bonchev–Trinajstić information content (AvgIpc) is 2.33. The maximum atomic E-state index is 11.9. The summed E-state index contributed by atoms with van der Waals surface area (Å²) in [4.78, 5) is 23.0. The number of benzene rings is 1. The lowest BCUT2D eigenvalue weighted by atomic mass is 10.1. The predicted octanol–water partition coefficient (Wildman–Crippen LogP) is 3.04. The number of hydrogen-bond acceptors (Lipinski definition) is 3. The van der Waals surface area contributed by atoms with Crippen molar-refractivity contribution in [3.63, 3.8) is 0 Å². The summed E-state index contributed by atoms with van der Waals surface area (Å²) in [6.45, 7) is 7.07. The van der Waals surface area contributed by atoms with Crippen molar-refractivity contribution in [2.24, 2.45) is 0 Å². The van der Waals surface area contributed by atoms with E-state index in [1.807, 2.05) is 0 Å². The van der Waals surface area contributed by atoms with Gasteiger partial charge in [0.1, 0.15) is 5.60 Å². The molecule has 6 heteroatoms. The van der Waals surface area contributed by atoms with E-state index in [1.165, 1.54) is 6.92 Å². The Hall–Kier alpha value is -1.75. The minimum absolute atomic E-state index is 0.167. The molecule has 0 bridgehead atoms. The number of halogens is 1. The van der Waals surface area contributed by atoms with Crippen LogP contribution in [0.5, 0.6) is 0 Å². The minimum atomic E-state index is -0.581. The molecule has 2 N–H and O–H groups in total. The first-order valence-electron chi connectivity index (χ1n) is 6.67. The van der Waals surface area contributed by atoms with Crippen LogP contribution in [0, 0.1) is 0 Å². The molecule has 0 spiro atoms. The Kier molecular flexibility index (Phi) is 6.03. The van der Waals surface area contributed by atoms with E-state index in [1.54, 1.807) is 45.0 Å². The van der Waals surface area contributed by atoms with Gasteiger partial charge >= 0.3 is 6.09 Å². The number of amides is 2. The highest BCUT2D eigenvalue weighted by Crippen LogP contribution is 2.17. The van der Waals surface area contributed by atoms with Gasteiger partial charge in [-0.1, -0.05) is 23.7 Å². The van der Waals surface area contributed by atoms with Crippen LogP contribution in [-0.2, 0) is 9.53 Å². The molecule has 1 unspecified atom stereocenters. The van der Waals surface area contributed by atoms with Gasteiger partial charge in [0, 0.05) is 18.5 Å². The molecule has 0 saturated carbocycles. The molecule has 1 aromatic carbocycles. The van der Waals surface area contributed by atoms with Gasteiger partial charge in [-0.05, 0) is 38.5 Å². The fraction of sp³-hybridized carbons (Fsp3) is 0.467. The average molecular weight is 313 g/mol. The molecular weight excluding hydrogens is 292 g/mol. The van der Waals surface area contributed by atoms with Crippen LogP contribution in [0.25, 0.3) is 0 Å².